The summed E-state index contributed by atoms with van der Waals surface area (Å²) in [5, 5.41) is 12.4. The van der Waals surface area contributed by atoms with Crippen molar-refractivity contribution < 1.29 is 14.7 Å². The maximum absolute atomic E-state index is 13.3. The molecule has 36 heavy (non-hydrogen) atoms. The lowest BCUT2D eigenvalue weighted by Gasteiger charge is -2.21. The van der Waals surface area contributed by atoms with Gasteiger partial charge in [0, 0.05) is 23.6 Å². The molecule has 192 valence electrons. The third-order valence-electron chi connectivity index (χ3n) is 6.34. The number of aromatic carboxylic acids is 1. The fraction of sp³-hybridized carbons (Fsp3) is 0.345. The van der Waals surface area contributed by atoms with E-state index in [0.717, 1.165) is 51.2 Å². The topological polar surface area (TPSA) is 105 Å². The zero-order valence-corrected chi connectivity index (χ0v) is 22.7. The number of hydrogen-bond donors (Lipinski definition) is 3. The van der Waals surface area contributed by atoms with Gasteiger partial charge in [-0.05, 0) is 79.5 Å². The van der Waals surface area contributed by atoms with Gasteiger partial charge in [0.25, 0.3) is 0 Å². The van der Waals surface area contributed by atoms with Crippen LogP contribution < -0.4 is 11.1 Å². The Labute approximate surface area is 219 Å². The molecule has 0 aliphatic carbocycles. The predicted octanol–water partition coefficient (Wildman–Crippen LogP) is 5.94. The van der Waals surface area contributed by atoms with Crippen molar-refractivity contribution in [3.05, 3.63) is 81.2 Å². The minimum atomic E-state index is -1.02. The number of carboxylic acids is 1. The number of aryl methyl sites for hydroxylation is 3. The molecule has 1 amide bonds. The quantitative estimate of drug-likeness (QED) is 0.348. The van der Waals surface area contributed by atoms with Crippen LogP contribution in [0.15, 0.2) is 36.4 Å². The Hall–Kier alpha value is -3.22. The second-order valence-corrected chi connectivity index (χ2v) is 9.60. The van der Waals surface area contributed by atoms with Gasteiger partial charge in [0.1, 0.15) is 0 Å². The first kappa shape index (κ1) is 29.0. The highest BCUT2D eigenvalue weighted by Gasteiger charge is 2.22. The van der Waals surface area contributed by atoms with Crippen LogP contribution in [0.1, 0.15) is 63.4 Å². The Balaban J connectivity index is 0.00000456. The number of nitrogens with one attached hydrogen (secondary N) is 1. The van der Waals surface area contributed by atoms with Crippen LogP contribution in [-0.4, -0.2) is 22.0 Å². The molecule has 0 aliphatic heterocycles. The molecule has 0 aliphatic rings. The van der Waals surface area contributed by atoms with Gasteiger partial charge >= 0.3 is 5.97 Å². The van der Waals surface area contributed by atoms with E-state index >= 15 is 0 Å². The number of rotatable bonds is 8. The van der Waals surface area contributed by atoms with Gasteiger partial charge in [-0.15, -0.1) is 12.4 Å². The van der Waals surface area contributed by atoms with Gasteiger partial charge in [-0.2, -0.15) is 0 Å². The molecule has 0 radical (unpaired) electrons. The van der Waals surface area contributed by atoms with Crippen LogP contribution >= 0.6 is 12.4 Å². The molecule has 0 fully saturated rings. The van der Waals surface area contributed by atoms with Crippen LogP contribution in [0.5, 0.6) is 0 Å². The average Bonchev–Trinajstić information content (AvgIpc) is 2.78. The van der Waals surface area contributed by atoms with Crippen molar-refractivity contribution in [2.45, 2.75) is 60.9 Å². The van der Waals surface area contributed by atoms with Crippen LogP contribution in [-0.2, 0) is 24.2 Å². The van der Waals surface area contributed by atoms with E-state index in [1.54, 1.807) is 19.1 Å². The van der Waals surface area contributed by atoms with Gasteiger partial charge in [-0.3, -0.25) is 9.78 Å². The lowest BCUT2D eigenvalue weighted by Crippen LogP contribution is -2.20. The zero-order valence-electron chi connectivity index (χ0n) is 21.9. The van der Waals surface area contributed by atoms with E-state index in [-0.39, 0.29) is 30.3 Å². The summed E-state index contributed by atoms with van der Waals surface area (Å²) in [6, 6.07) is 11.5. The van der Waals surface area contributed by atoms with Crippen molar-refractivity contribution in [1.29, 1.82) is 0 Å². The second-order valence-electron chi connectivity index (χ2n) is 9.60. The molecule has 7 heteroatoms. The Morgan fingerprint density at radius 2 is 1.64 bits per heavy atom. The number of amides is 1. The number of anilines is 1. The van der Waals surface area contributed by atoms with Crippen molar-refractivity contribution in [1.82, 2.24) is 4.98 Å². The van der Waals surface area contributed by atoms with Gasteiger partial charge in [0.15, 0.2) is 0 Å². The molecular weight excluding hydrogens is 474 g/mol. The molecule has 1 heterocycles. The highest BCUT2D eigenvalue weighted by atomic mass is 35.5. The standard InChI is InChI=1S/C29H35N3O3.ClH/c1-16(2)13-25-24(15-30)27(21-10-7-17(3)8-11-21)23(20(6)31-25)14-26(33)32-28-18(4)9-12-22(19(28)5)29(34)35;/h7-12,16H,13-15,30H2,1-6H3,(H,32,33)(H,34,35);1H. The fourth-order valence-electron chi connectivity index (χ4n) is 4.52. The average molecular weight is 510 g/mol. The van der Waals surface area contributed by atoms with Crippen molar-refractivity contribution in [2.24, 2.45) is 11.7 Å². The Morgan fingerprint density at radius 1 is 1.00 bits per heavy atom. The van der Waals surface area contributed by atoms with Crippen LogP contribution in [0.25, 0.3) is 11.1 Å². The highest BCUT2D eigenvalue weighted by Crippen LogP contribution is 2.33. The van der Waals surface area contributed by atoms with E-state index in [0.29, 0.717) is 23.7 Å². The summed E-state index contributed by atoms with van der Waals surface area (Å²) in [6.07, 6.45) is 0.909. The molecule has 0 unspecified atom stereocenters. The summed E-state index contributed by atoms with van der Waals surface area (Å²) in [5.74, 6) is -0.829. The number of nitrogens with zero attached hydrogens (tertiary/aromatic N) is 1. The number of pyridine rings is 1. The summed E-state index contributed by atoms with van der Waals surface area (Å²) in [6.45, 7) is 12.2. The maximum Gasteiger partial charge on any atom is 0.336 e. The summed E-state index contributed by atoms with van der Waals surface area (Å²) in [4.78, 5) is 29.8. The van der Waals surface area contributed by atoms with E-state index in [1.165, 1.54) is 0 Å². The third kappa shape index (κ3) is 6.31. The zero-order chi connectivity index (χ0) is 25.9. The molecule has 3 aromatic rings. The number of carbonyl (C=O) groups excluding carboxylic acids is 1. The minimum Gasteiger partial charge on any atom is -0.478 e. The molecule has 3 rings (SSSR count). The molecular formula is C29H36ClN3O3. The second kappa shape index (κ2) is 12.2. The Kier molecular flexibility index (Phi) is 9.79. The number of aromatic nitrogens is 1. The van der Waals surface area contributed by atoms with Crippen molar-refractivity contribution in [3.63, 3.8) is 0 Å². The van der Waals surface area contributed by atoms with Gasteiger partial charge < -0.3 is 16.2 Å². The van der Waals surface area contributed by atoms with Gasteiger partial charge in [-0.1, -0.05) is 49.7 Å². The van der Waals surface area contributed by atoms with Gasteiger partial charge in [0.05, 0.1) is 12.0 Å². The molecule has 0 spiro atoms. The normalized spacial score (nSPS) is 10.8. The highest BCUT2D eigenvalue weighted by molar-refractivity contribution is 5.98. The summed E-state index contributed by atoms with van der Waals surface area (Å²) < 4.78 is 0. The largest absolute Gasteiger partial charge is 0.478 e. The van der Waals surface area contributed by atoms with E-state index in [4.69, 9.17) is 10.7 Å². The fourth-order valence-corrected chi connectivity index (χ4v) is 4.52. The monoisotopic (exact) mass is 509 g/mol. The molecule has 6 nitrogen and oxygen atoms in total. The van der Waals surface area contributed by atoms with Crippen molar-refractivity contribution in [3.8, 4) is 11.1 Å². The molecule has 0 saturated heterocycles. The summed E-state index contributed by atoms with van der Waals surface area (Å²) in [5.41, 5.74) is 15.0. The molecule has 0 atom stereocenters. The number of hydrogen-bond acceptors (Lipinski definition) is 4. The summed E-state index contributed by atoms with van der Waals surface area (Å²) >= 11 is 0. The van der Waals surface area contributed by atoms with Crippen LogP contribution in [0.3, 0.4) is 0 Å². The number of halogens is 1. The molecule has 4 N–H and O–H groups in total. The van der Waals surface area contributed by atoms with Crippen molar-refractivity contribution in [2.75, 3.05) is 5.32 Å². The Morgan fingerprint density at radius 3 is 2.19 bits per heavy atom. The minimum absolute atomic E-state index is 0. The summed E-state index contributed by atoms with van der Waals surface area (Å²) in [7, 11) is 0. The third-order valence-corrected chi connectivity index (χ3v) is 6.34. The lowest BCUT2D eigenvalue weighted by molar-refractivity contribution is -0.115. The SMILES string of the molecule is Cc1ccc(-c2c(CC(=O)Nc3c(C)ccc(C(=O)O)c3C)c(C)nc(CC(C)C)c2CN)cc1.Cl. The molecule has 2 aromatic carbocycles. The van der Waals surface area contributed by atoms with Crippen molar-refractivity contribution >= 4 is 30.0 Å². The van der Waals surface area contributed by atoms with E-state index in [1.807, 2.05) is 20.8 Å². The first-order chi connectivity index (χ1) is 16.5. The number of carbonyl (C=O) groups is 2. The van der Waals surface area contributed by atoms with Crippen LogP contribution in [0.2, 0.25) is 0 Å². The molecule has 1 aromatic heterocycles. The maximum atomic E-state index is 13.3. The number of carboxylic acid groups (broad SMARTS) is 1. The smallest absolute Gasteiger partial charge is 0.336 e. The molecule has 0 bridgehead atoms. The predicted molar refractivity (Wildman–Crippen MR) is 148 cm³/mol. The number of nitrogens with two attached hydrogens (primary N) is 1. The van der Waals surface area contributed by atoms with Gasteiger partial charge in [0.2, 0.25) is 5.91 Å². The lowest BCUT2D eigenvalue weighted by atomic mass is 9.88. The van der Waals surface area contributed by atoms with E-state index in [2.05, 4.69) is 43.4 Å². The first-order valence-electron chi connectivity index (χ1n) is 11.9. The first-order valence-corrected chi connectivity index (χ1v) is 11.9. The van der Waals surface area contributed by atoms with Gasteiger partial charge in [-0.25, -0.2) is 4.79 Å². The van der Waals surface area contributed by atoms with Crippen LogP contribution in [0, 0.1) is 33.6 Å². The van der Waals surface area contributed by atoms with Crippen LogP contribution in [0.4, 0.5) is 5.69 Å². The van der Waals surface area contributed by atoms with E-state index in [9.17, 15) is 14.7 Å². The molecule has 0 saturated carbocycles. The number of benzene rings is 2. The Bertz CT molecular complexity index is 1270. The van der Waals surface area contributed by atoms with E-state index < -0.39 is 5.97 Å².